The van der Waals surface area contributed by atoms with Gasteiger partial charge in [-0.25, -0.2) is 4.98 Å². The number of aromatic nitrogens is 3. The molecule has 1 heterocycles. The quantitative estimate of drug-likeness (QED) is 0.761. The molecule has 3 N–H and O–H groups in total. The van der Waals surface area contributed by atoms with Gasteiger partial charge in [0, 0.05) is 5.56 Å². The number of nitrogens with zero attached hydrogens (tertiary/aromatic N) is 2. The van der Waals surface area contributed by atoms with E-state index in [4.69, 9.17) is 0 Å². The number of nitrogens with one attached hydrogen (secondary N) is 2. The van der Waals surface area contributed by atoms with Crippen molar-refractivity contribution < 1.29 is 9.90 Å². The molecule has 6 heteroatoms. The first-order valence-corrected chi connectivity index (χ1v) is 5.53. The van der Waals surface area contributed by atoms with E-state index in [9.17, 15) is 9.90 Å². The van der Waals surface area contributed by atoms with Crippen LogP contribution in [0.3, 0.4) is 0 Å². The van der Waals surface area contributed by atoms with Crippen molar-refractivity contribution in [1.82, 2.24) is 20.5 Å². The summed E-state index contributed by atoms with van der Waals surface area (Å²) < 4.78 is 0. The highest BCUT2D eigenvalue weighted by Crippen LogP contribution is 2.16. The van der Waals surface area contributed by atoms with Crippen molar-refractivity contribution in [1.29, 1.82) is 0 Å². The second-order valence-electron chi connectivity index (χ2n) is 4.07. The largest absolute Gasteiger partial charge is 0.508 e. The van der Waals surface area contributed by atoms with Crippen LogP contribution < -0.4 is 5.32 Å². The summed E-state index contributed by atoms with van der Waals surface area (Å²) in [6, 6.07) is 4.37. The zero-order chi connectivity index (χ0) is 13.1. The Balaban J connectivity index is 2.12. The van der Waals surface area contributed by atoms with Gasteiger partial charge in [0.15, 0.2) is 0 Å². The van der Waals surface area contributed by atoms with Crippen LogP contribution in [0.1, 0.15) is 34.7 Å². The summed E-state index contributed by atoms with van der Waals surface area (Å²) in [7, 11) is 0. The van der Waals surface area contributed by atoms with Gasteiger partial charge in [0.1, 0.15) is 17.9 Å². The number of aromatic amines is 1. The molecule has 0 spiro atoms. The first-order chi connectivity index (χ1) is 8.58. The minimum Gasteiger partial charge on any atom is -0.508 e. The number of H-pyrrole nitrogens is 1. The Labute approximate surface area is 104 Å². The minimum absolute atomic E-state index is 0.146. The number of benzene rings is 1. The first kappa shape index (κ1) is 12.1. The summed E-state index contributed by atoms with van der Waals surface area (Å²) in [6.45, 7) is 3.59. The molecule has 2 rings (SSSR count). The van der Waals surface area contributed by atoms with Crippen LogP contribution in [0.4, 0.5) is 0 Å². The average molecular weight is 246 g/mol. The summed E-state index contributed by atoms with van der Waals surface area (Å²) in [5.41, 5.74) is 1.25. The Bertz CT molecular complexity index is 551. The maximum atomic E-state index is 12.0. The number of carbonyl (C=O) groups excluding carboxylic acids is 1. The second kappa shape index (κ2) is 4.87. The van der Waals surface area contributed by atoms with E-state index in [1.165, 1.54) is 12.4 Å². The molecule has 0 saturated carbocycles. The van der Waals surface area contributed by atoms with Gasteiger partial charge in [-0.05, 0) is 37.6 Å². The number of phenols is 1. The number of hydrogen-bond acceptors (Lipinski definition) is 4. The maximum Gasteiger partial charge on any atom is 0.252 e. The Hall–Kier alpha value is -2.37. The third kappa shape index (κ3) is 2.48. The Morgan fingerprint density at radius 1 is 1.50 bits per heavy atom. The predicted octanol–water partition coefficient (Wildman–Crippen LogP) is 1.31. The predicted molar refractivity (Wildman–Crippen MR) is 65.1 cm³/mol. The van der Waals surface area contributed by atoms with Crippen molar-refractivity contribution >= 4 is 5.91 Å². The number of rotatable bonds is 3. The van der Waals surface area contributed by atoms with Crippen molar-refractivity contribution in [3.63, 3.8) is 0 Å². The molecule has 6 nitrogen and oxygen atoms in total. The third-order valence-electron chi connectivity index (χ3n) is 2.65. The highest BCUT2D eigenvalue weighted by atomic mass is 16.3. The van der Waals surface area contributed by atoms with Gasteiger partial charge in [-0.1, -0.05) is 0 Å². The molecule has 1 atom stereocenters. The summed E-state index contributed by atoms with van der Waals surface area (Å²) in [5.74, 6) is 0.531. The molecule has 1 amide bonds. The molecule has 94 valence electrons. The third-order valence-corrected chi connectivity index (χ3v) is 2.65. The second-order valence-corrected chi connectivity index (χ2v) is 4.07. The van der Waals surface area contributed by atoms with Crippen LogP contribution in [0.2, 0.25) is 0 Å². The Kier molecular flexibility index (Phi) is 3.27. The van der Waals surface area contributed by atoms with Crippen LogP contribution in [0.5, 0.6) is 5.75 Å². The average Bonchev–Trinajstić information content (AvgIpc) is 2.81. The molecule has 0 bridgehead atoms. The highest BCUT2D eigenvalue weighted by Gasteiger charge is 2.15. The lowest BCUT2D eigenvalue weighted by Crippen LogP contribution is -2.27. The normalized spacial score (nSPS) is 12.1. The molecule has 0 saturated heterocycles. The van der Waals surface area contributed by atoms with Gasteiger partial charge >= 0.3 is 0 Å². The van der Waals surface area contributed by atoms with E-state index in [2.05, 4.69) is 20.5 Å². The van der Waals surface area contributed by atoms with Gasteiger partial charge in [0.2, 0.25) is 0 Å². The number of carbonyl (C=O) groups is 1. The lowest BCUT2D eigenvalue weighted by Gasteiger charge is -2.12. The minimum atomic E-state index is -0.256. The van der Waals surface area contributed by atoms with Gasteiger partial charge in [-0.15, -0.1) is 0 Å². The standard InChI is InChI=1S/C12H14N4O2/c1-7-5-9(17)3-4-10(7)12(18)15-8(2)11-13-6-14-16-11/h3-6,8,17H,1-2H3,(H,15,18)(H,13,14,16). The molecule has 0 radical (unpaired) electrons. The van der Waals surface area contributed by atoms with E-state index in [0.29, 0.717) is 11.4 Å². The van der Waals surface area contributed by atoms with Crippen molar-refractivity contribution in [3.05, 3.63) is 41.5 Å². The number of amides is 1. The fraction of sp³-hybridized carbons (Fsp3) is 0.250. The molecular weight excluding hydrogens is 232 g/mol. The van der Waals surface area contributed by atoms with Crippen molar-refractivity contribution in [2.24, 2.45) is 0 Å². The van der Waals surface area contributed by atoms with E-state index in [1.54, 1.807) is 19.1 Å². The summed E-state index contributed by atoms with van der Waals surface area (Å²) in [6.07, 6.45) is 1.39. The van der Waals surface area contributed by atoms with Crippen LogP contribution in [0.15, 0.2) is 24.5 Å². The molecule has 0 fully saturated rings. The topological polar surface area (TPSA) is 90.9 Å². The van der Waals surface area contributed by atoms with E-state index >= 15 is 0 Å². The SMILES string of the molecule is Cc1cc(O)ccc1C(=O)NC(C)c1ncn[nH]1. The van der Waals surface area contributed by atoms with E-state index < -0.39 is 0 Å². The van der Waals surface area contributed by atoms with Crippen molar-refractivity contribution in [2.75, 3.05) is 0 Å². The molecule has 0 aliphatic rings. The van der Waals surface area contributed by atoms with Crippen LogP contribution in [-0.2, 0) is 0 Å². The zero-order valence-corrected chi connectivity index (χ0v) is 10.1. The van der Waals surface area contributed by atoms with Crippen LogP contribution >= 0.6 is 0 Å². The van der Waals surface area contributed by atoms with E-state index in [1.807, 2.05) is 6.92 Å². The van der Waals surface area contributed by atoms with Gasteiger partial charge in [-0.3, -0.25) is 9.89 Å². The van der Waals surface area contributed by atoms with Gasteiger partial charge in [0.05, 0.1) is 6.04 Å². The molecule has 0 aliphatic carbocycles. The number of hydrogen-bond donors (Lipinski definition) is 3. The summed E-state index contributed by atoms with van der Waals surface area (Å²) in [4.78, 5) is 16.0. The smallest absolute Gasteiger partial charge is 0.252 e. The zero-order valence-electron chi connectivity index (χ0n) is 10.1. The van der Waals surface area contributed by atoms with Crippen molar-refractivity contribution in [3.8, 4) is 5.75 Å². The summed E-state index contributed by atoms with van der Waals surface area (Å²) >= 11 is 0. The van der Waals surface area contributed by atoms with Gasteiger partial charge in [0.25, 0.3) is 5.91 Å². The molecule has 2 aromatic rings. The van der Waals surface area contributed by atoms with Crippen LogP contribution in [0.25, 0.3) is 0 Å². The van der Waals surface area contributed by atoms with Crippen LogP contribution in [0, 0.1) is 6.92 Å². The summed E-state index contributed by atoms with van der Waals surface area (Å²) in [5, 5.41) is 18.5. The van der Waals surface area contributed by atoms with Crippen LogP contribution in [-0.4, -0.2) is 26.2 Å². The molecule has 1 aromatic heterocycles. The molecule has 18 heavy (non-hydrogen) atoms. The fourth-order valence-electron chi connectivity index (χ4n) is 1.67. The number of phenolic OH excluding ortho intramolecular Hbond substituents is 1. The molecule has 1 unspecified atom stereocenters. The fourth-order valence-corrected chi connectivity index (χ4v) is 1.67. The molecule has 1 aromatic carbocycles. The molecule has 0 aliphatic heterocycles. The highest BCUT2D eigenvalue weighted by molar-refractivity contribution is 5.95. The van der Waals surface area contributed by atoms with E-state index in [0.717, 1.165) is 5.56 Å². The Morgan fingerprint density at radius 2 is 2.28 bits per heavy atom. The number of aromatic hydroxyl groups is 1. The van der Waals surface area contributed by atoms with Gasteiger partial charge < -0.3 is 10.4 Å². The number of aryl methyl sites for hydroxylation is 1. The lowest BCUT2D eigenvalue weighted by molar-refractivity contribution is 0.0937. The maximum absolute atomic E-state index is 12.0. The van der Waals surface area contributed by atoms with Gasteiger partial charge in [-0.2, -0.15) is 5.10 Å². The first-order valence-electron chi connectivity index (χ1n) is 5.53. The van der Waals surface area contributed by atoms with E-state index in [-0.39, 0.29) is 17.7 Å². The molecular formula is C12H14N4O2. The lowest BCUT2D eigenvalue weighted by atomic mass is 10.1. The monoisotopic (exact) mass is 246 g/mol. The van der Waals surface area contributed by atoms with Crippen molar-refractivity contribution in [2.45, 2.75) is 19.9 Å². The Morgan fingerprint density at radius 3 is 2.89 bits per heavy atom.